The summed E-state index contributed by atoms with van der Waals surface area (Å²) in [6.45, 7) is 3.65. The maximum atomic E-state index is 11.1. The van der Waals surface area contributed by atoms with Crippen LogP contribution < -0.4 is 0 Å². The lowest BCUT2D eigenvalue weighted by atomic mass is 10.1. The maximum absolute atomic E-state index is 11.1. The van der Waals surface area contributed by atoms with E-state index in [9.17, 15) is 4.79 Å². The fourth-order valence-corrected chi connectivity index (χ4v) is 1.15. The van der Waals surface area contributed by atoms with E-state index in [-0.39, 0.29) is 18.3 Å². The van der Waals surface area contributed by atoms with Gasteiger partial charge in [-0.05, 0) is 12.1 Å². The van der Waals surface area contributed by atoms with Crippen LogP contribution in [-0.4, -0.2) is 13.1 Å². The zero-order valence-corrected chi connectivity index (χ0v) is 9.27. The lowest BCUT2D eigenvalue weighted by Gasteiger charge is -2.02. The molecule has 0 amide bonds. The van der Waals surface area contributed by atoms with Gasteiger partial charge < -0.3 is 4.74 Å². The van der Waals surface area contributed by atoms with Gasteiger partial charge in [0.05, 0.1) is 13.5 Å². The number of hydrogen-bond acceptors (Lipinski definition) is 2. The van der Waals surface area contributed by atoms with Gasteiger partial charge in [0.15, 0.2) is 0 Å². The van der Waals surface area contributed by atoms with Crippen LogP contribution in [0.3, 0.4) is 0 Å². The normalized spacial score (nSPS) is 10.8. The molecule has 0 N–H and O–H groups in total. The first kappa shape index (κ1) is 12.1. The second kappa shape index (κ2) is 6.47. The van der Waals surface area contributed by atoms with Crippen molar-refractivity contribution < 1.29 is 9.53 Å². The maximum Gasteiger partial charge on any atom is 0.307 e. The number of ether oxygens (including phenoxy) is 1. The predicted octanol–water partition coefficient (Wildman–Crippen LogP) is 2.40. The summed E-state index contributed by atoms with van der Waals surface area (Å²) in [7, 11) is 1.37. The largest absolute Gasteiger partial charge is 0.469 e. The van der Waals surface area contributed by atoms with Crippen LogP contribution in [0.25, 0.3) is 0 Å². The standard InChI is InChI=1S/C14H14O2/c1-3-12(11-14(15)16-2)9-10-13-7-5-4-6-8-13/h3-8,12H,1,11H2,2H3. The lowest BCUT2D eigenvalue weighted by Crippen LogP contribution is -2.06. The summed E-state index contributed by atoms with van der Waals surface area (Å²) < 4.78 is 4.58. The molecule has 0 aromatic heterocycles. The van der Waals surface area contributed by atoms with Crippen LogP contribution in [0.1, 0.15) is 12.0 Å². The van der Waals surface area contributed by atoms with Crippen molar-refractivity contribution in [2.75, 3.05) is 7.11 Å². The molecule has 0 fully saturated rings. The van der Waals surface area contributed by atoms with E-state index < -0.39 is 0 Å². The van der Waals surface area contributed by atoms with Gasteiger partial charge in [-0.2, -0.15) is 0 Å². The highest BCUT2D eigenvalue weighted by Crippen LogP contribution is 2.05. The molecule has 0 saturated carbocycles. The van der Waals surface area contributed by atoms with Crippen LogP contribution in [0, 0.1) is 17.8 Å². The molecule has 0 radical (unpaired) electrons. The number of carbonyl (C=O) groups excluding carboxylic acids is 1. The molecule has 0 aliphatic rings. The lowest BCUT2D eigenvalue weighted by molar-refractivity contribution is -0.140. The summed E-state index contributed by atoms with van der Waals surface area (Å²) in [5, 5.41) is 0. The first-order valence-corrected chi connectivity index (χ1v) is 5.02. The van der Waals surface area contributed by atoms with Gasteiger partial charge in [-0.25, -0.2) is 0 Å². The monoisotopic (exact) mass is 214 g/mol. The molecule has 1 aromatic rings. The smallest absolute Gasteiger partial charge is 0.307 e. The summed E-state index contributed by atoms with van der Waals surface area (Å²) in [5.74, 6) is 5.55. The number of benzene rings is 1. The zero-order valence-electron chi connectivity index (χ0n) is 9.27. The Hall–Kier alpha value is -2.01. The highest BCUT2D eigenvalue weighted by molar-refractivity contribution is 5.70. The molecule has 0 aliphatic carbocycles. The molecule has 1 rings (SSSR count). The quantitative estimate of drug-likeness (QED) is 0.439. The SMILES string of the molecule is C=CC(C#Cc1ccccc1)CC(=O)OC. The average Bonchev–Trinajstić information content (AvgIpc) is 2.35. The van der Waals surface area contributed by atoms with Gasteiger partial charge in [0, 0.05) is 11.5 Å². The topological polar surface area (TPSA) is 26.3 Å². The summed E-state index contributed by atoms with van der Waals surface area (Å²) in [5.41, 5.74) is 0.930. The van der Waals surface area contributed by atoms with E-state index in [0.29, 0.717) is 0 Å². The third kappa shape index (κ3) is 4.02. The average molecular weight is 214 g/mol. The Morgan fingerprint density at radius 3 is 2.75 bits per heavy atom. The van der Waals surface area contributed by atoms with Crippen molar-refractivity contribution in [1.29, 1.82) is 0 Å². The summed E-state index contributed by atoms with van der Waals surface area (Å²) in [4.78, 5) is 11.1. The molecule has 0 saturated heterocycles. The minimum Gasteiger partial charge on any atom is -0.469 e. The van der Waals surface area contributed by atoms with Crippen LogP contribution in [0.2, 0.25) is 0 Å². The molecular formula is C14H14O2. The predicted molar refractivity (Wildman–Crippen MR) is 63.6 cm³/mol. The molecule has 82 valence electrons. The summed E-state index contributed by atoms with van der Waals surface area (Å²) in [6.07, 6.45) is 1.91. The molecule has 0 aliphatic heterocycles. The van der Waals surface area contributed by atoms with Crippen LogP contribution in [-0.2, 0) is 9.53 Å². The molecule has 0 spiro atoms. The van der Waals surface area contributed by atoms with E-state index in [1.165, 1.54) is 7.11 Å². The van der Waals surface area contributed by atoms with Gasteiger partial charge >= 0.3 is 5.97 Å². The van der Waals surface area contributed by atoms with Crippen molar-refractivity contribution in [2.45, 2.75) is 6.42 Å². The number of hydrogen-bond donors (Lipinski definition) is 0. The number of methoxy groups -OCH3 is 1. The minimum absolute atomic E-state index is 0.160. The Morgan fingerprint density at radius 2 is 2.19 bits per heavy atom. The molecule has 1 atom stereocenters. The van der Waals surface area contributed by atoms with Gasteiger partial charge in [-0.1, -0.05) is 36.1 Å². The van der Waals surface area contributed by atoms with Crippen molar-refractivity contribution >= 4 is 5.97 Å². The van der Waals surface area contributed by atoms with E-state index >= 15 is 0 Å². The molecule has 0 bridgehead atoms. The number of rotatable bonds is 3. The van der Waals surface area contributed by atoms with Crippen molar-refractivity contribution in [2.24, 2.45) is 5.92 Å². The second-order valence-corrected chi connectivity index (χ2v) is 3.26. The highest BCUT2D eigenvalue weighted by Gasteiger charge is 2.07. The minimum atomic E-state index is -0.271. The van der Waals surface area contributed by atoms with E-state index in [1.54, 1.807) is 6.08 Å². The number of carbonyl (C=O) groups is 1. The Kier molecular flexibility index (Phi) is 4.88. The number of esters is 1. The fourth-order valence-electron chi connectivity index (χ4n) is 1.15. The zero-order chi connectivity index (χ0) is 11.8. The fraction of sp³-hybridized carbons (Fsp3) is 0.214. The Balaban J connectivity index is 2.67. The van der Waals surface area contributed by atoms with Crippen molar-refractivity contribution in [3.05, 3.63) is 48.6 Å². The molecular weight excluding hydrogens is 200 g/mol. The van der Waals surface area contributed by atoms with E-state index in [1.807, 2.05) is 30.3 Å². The molecule has 16 heavy (non-hydrogen) atoms. The van der Waals surface area contributed by atoms with Crippen molar-refractivity contribution in [1.82, 2.24) is 0 Å². The van der Waals surface area contributed by atoms with E-state index in [4.69, 9.17) is 0 Å². The molecule has 1 unspecified atom stereocenters. The van der Waals surface area contributed by atoms with Crippen LogP contribution >= 0.6 is 0 Å². The van der Waals surface area contributed by atoms with Crippen molar-refractivity contribution in [3.63, 3.8) is 0 Å². The first-order chi connectivity index (χ1) is 7.76. The third-order valence-corrected chi connectivity index (χ3v) is 2.07. The van der Waals surface area contributed by atoms with Gasteiger partial charge in [-0.3, -0.25) is 4.79 Å². The van der Waals surface area contributed by atoms with Crippen LogP contribution in [0.5, 0.6) is 0 Å². The molecule has 1 aromatic carbocycles. The van der Waals surface area contributed by atoms with Crippen molar-refractivity contribution in [3.8, 4) is 11.8 Å². The van der Waals surface area contributed by atoms with E-state index in [0.717, 1.165) is 5.56 Å². The molecule has 2 heteroatoms. The molecule has 0 heterocycles. The molecule has 2 nitrogen and oxygen atoms in total. The summed E-state index contributed by atoms with van der Waals surface area (Å²) >= 11 is 0. The number of allylic oxidation sites excluding steroid dienone is 1. The highest BCUT2D eigenvalue weighted by atomic mass is 16.5. The Bertz CT molecular complexity index is 409. The Morgan fingerprint density at radius 1 is 1.50 bits per heavy atom. The van der Waals surface area contributed by atoms with Crippen LogP contribution in [0.15, 0.2) is 43.0 Å². The van der Waals surface area contributed by atoms with Gasteiger partial charge in [0.1, 0.15) is 0 Å². The van der Waals surface area contributed by atoms with Gasteiger partial charge in [0.25, 0.3) is 0 Å². The Labute approximate surface area is 95.9 Å². The second-order valence-electron chi connectivity index (χ2n) is 3.26. The third-order valence-electron chi connectivity index (χ3n) is 2.07. The van der Waals surface area contributed by atoms with Gasteiger partial charge in [-0.15, -0.1) is 6.58 Å². The van der Waals surface area contributed by atoms with Gasteiger partial charge in [0.2, 0.25) is 0 Å². The first-order valence-electron chi connectivity index (χ1n) is 5.02. The summed E-state index contributed by atoms with van der Waals surface area (Å²) in [6, 6.07) is 9.63. The van der Waals surface area contributed by atoms with Crippen LogP contribution in [0.4, 0.5) is 0 Å². The van der Waals surface area contributed by atoms with E-state index in [2.05, 4.69) is 23.2 Å².